The van der Waals surface area contributed by atoms with Crippen LogP contribution >= 0.6 is 0 Å². The van der Waals surface area contributed by atoms with Crippen molar-refractivity contribution in [2.24, 2.45) is 5.73 Å². The number of anilines is 1. The maximum atomic E-state index is 12.7. The zero-order valence-electron chi connectivity index (χ0n) is 12.5. The van der Waals surface area contributed by atoms with Crippen molar-refractivity contribution in [3.63, 3.8) is 0 Å². The SMILES string of the molecule is CN(C)c1cccc(C(=O)N(CC(N)=O)C2CCNC2)c1. The largest absolute Gasteiger partial charge is 0.378 e. The van der Waals surface area contributed by atoms with E-state index in [0.29, 0.717) is 12.1 Å². The van der Waals surface area contributed by atoms with Crippen LogP contribution in [0.1, 0.15) is 16.8 Å². The summed E-state index contributed by atoms with van der Waals surface area (Å²) in [7, 11) is 3.84. The highest BCUT2D eigenvalue weighted by Crippen LogP contribution is 2.18. The van der Waals surface area contributed by atoms with Gasteiger partial charge in [-0.25, -0.2) is 0 Å². The summed E-state index contributed by atoms with van der Waals surface area (Å²) in [5.74, 6) is -0.634. The number of nitrogens with one attached hydrogen (secondary N) is 1. The van der Waals surface area contributed by atoms with Gasteiger partial charge in [-0.2, -0.15) is 0 Å². The third kappa shape index (κ3) is 3.72. The fourth-order valence-corrected chi connectivity index (χ4v) is 2.52. The van der Waals surface area contributed by atoms with Crippen LogP contribution in [0.15, 0.2) is 24.3 Å². The van der Waals surface area contributed by atoms with Crippen LogP contribution in [-0.4, -0.2) is 56.5 Å². The molecule has 2 rings (SSSR count). The predicted octanol–water partition coefficient (Wildman–Crippen LogP) is 0.0420. The van der Waals surface area contributed by atoms with Crippen LogP contribution in [0.4, 0.5) is 5.69 Å². The number of benzene rings is 1. The standard InChI is InChI=1S/C15H22N4O2/c1-18(2)12-5-3-4-11(8-12)15(21)19(10-14(16)20)13-6-7-17-9-13/h3-5,8,13,17H,6-7,9-10H2,1-2H3,(H2,16,20). The van der Waals surface area contributed by atoms with Crippen LogP contribution in [0.5, 0.6) is 0 Å². The zero-order valence-corrected chi connectivity index (χ0v) is 12.5. The second-order valence-electron chi connectivity index (χ2n) is 5.49. The summed E-state index contributed by atoms with van der Waals surface area (Å²) in [6.07, 6.45) is 0.840. The quantitative estimate of drug-likeness (QED) is 0.803. The van der Waals surface area contributed by atoms with Gasteiger partial charge in [0.25, 0.3) is 5.91 Å². The van der Waals surface area contributed by atoms with Gasteiger partial charge in [-0.3, -0.25) is 9.59 Å². The molecule has 1 atom stereocenters. The number of nitrogens with two attached hydrogens (primary N) is 1. The van der Waals surface area contributed by atoms with Crippen molar-refractivity contribution in [3.8, 4) is 0 Å². The van der Waals surface area contributed by atoms with Gasteiger partial charge in [0.05, 0.1) is 6.54 Å². The van der Waals surface area contributed by atoms with E-state index in [-0.39, 0.29) is 18.5 Å². The Labute approximate surface area is 124 Å². The van der Waals surface area contributed by atoms with E-state index in [2.05, 4.69) is 5.32 Å². The Hall–Kier alpha value is -2.08. The topological polar surface area (TPSA) is 78.7 Å². The van der Waals surface area contributed by atoms with Crippen molar-refractivity contribution in [2.75, 3.05) is 38.6 Å². The fourth-order valence-electron chi connectivity index (χ4n) is 2.52. The molecule has 1 aromatic carbocycles. The van der Waals surface area contributed by atoms with E-state index in [4.69, 9.17) is 5.73 Å². The smallest absolute Gasteiger partial charge is 0.254 e. The highest BCUT2D eigenvalue weighted by Gasteiger charge is 2.28. The van der Waals surface area contributed by atoms with Gasteiger partial charge < -0.3 is 20.9 Å². The van der Waals surface area contributed by atoms with Gasteiger partial charge in [0, 0.05) is 37.9 Å². The molecule has 6 heteroatoms. The van der Waals surface area contributed by atoms with Gasteiger partial charge in [-0.15, -0.1) is 0 Å². The first-order valence-corrected chi connectivity index (χ1v) is 7.06. The van der Waals surface area contributed by atoms with E-state index in [0.717, 1.165) is 18.7 Å². The molecule has 1 unspecified atom stereocenters. The molecule has 2 amide bonds. The number of hydrogen-bond acceptors (Lipinski definition) is 4. The van der Waals surface area contributed by atoms with Crippen LogP contribution in [0.2, 0.25) is 0 Å². The minimum Gasteiger partial charge on any atom is -0.378 e. The number of rotatable bonds is 5. The highest BCUT2D eigenvalue weighted by molar-refractivity contribution is 5.97. The minimum atomic E-state index is -0.487. The molecule has 0 bridgehead atoms. The van der Waals surface area contributed by atoms with Gasteiger partial charge in [0.2, 0.25) is 5.91 Å². The number of carbonyl (C=O) groups excluding carboxylic acids is 2. The van der Waals surface area contributed by atoms with E-state index >= 15 is 0 Å². The van der Waals surface area contributed by atoms with Crippen LogP contribution in [0.3, 0.4) is 0 Å². The summed E-state index contributed by atoms with van der Waals surface area (Å²) in [4.78, 5) is 27.5. The molecule has 0 aliphatic carbocycles. The van der Waals surface area contributed by atoms with E-state index in [9.17, 15) is 9.59 Å². The first kappa shape index (κ1) is 15.3. The normalized spacial score (nSPS) is 17.5. The summed E-state index contributed by atoms with van der Waals surface area (Å²) in [6.45, 7) is 1.51. The molecule has 0 aromatic heterocycles. The number of carbonyl (C=O) groups is 2. The number of primary amides is 1. The third-order valence-corrected chi connectivity index (χ3v) is 3.67. The molecule has 0 saturated carbocycles. The van der Waals surface area contributed by atoms with Gasteiger partial charge in [-0.1, -0.05) is 6.07 Å². The summed E-state index contributed by atoms with van der Waals surface area (Å²) < 4.78 is 0. The summed E-state index contributed by atoms with van der Waals surface area (Å²) >= 11 is 0. The molecule has 6 nitrogen and oxygen atoms in total. The molecule has 0 spiro atoms. The Bertz CT molecular complexity index is 524. The summed E-state index contributed by atoms with van der Waals surface area (Å²) in [5, 5.41) is 3.21. The van der Waals surface area contributed by atoms with Crippen LogP contribution < -0.4 is 16.0 Å². The Morgan fingerprint density at radius 1 is 1.38 bits per heavy atom. The van der Waals surface area contributed by atoms with Crippen molar-refractivity contribution < 1.29 is 9.59 Å². The van der Waals surface area contributed by atoms with Gasteiger partial charge in [-0.05, 0) is 31.2 Å². The van der Waals surface area contributed by atoms with Gasteiger partial charge >= 0.3 is 0 Å². The highest BCUT2D eigenvalue weighted by atomic mass is 16.2. The maximum Gasteiger partial charge on any atom is 0.254 e. The second kappa shape index (κ2) is 6.58. The predicted molar refractivity (Wildman–Crippen MR) is 82.3 cm³/mol. The molecule has 1 saturated heterocycles. The van der Waals surface area contributed by atoms with Crippen molar-refractivity contribution in [2.45, 2.75) is 12.5 Å². The lowest BCUT2D eigenvalue weighted by Gasteiger charge is -2.27. The lowest BCUT2D eigenvalue weighted by Crippen LogP contribution is -2.46. The number of amides is 2. The lowest BCUT2D eigenvalue weighted by molar-refractivity contribution is -0.119. The summed E-state index contributed by atoms with van der Waals surface area (Å²) in [6, 6.07) is 7.40. The van der Waals surface area contributed by atoms with E-state index in [1.54, 1.807) is 11.0 Å². The maximum absolute atomic E-state index is 12.7. The lowest BCUT2D eigenvalue weighted by atomic mass is 10.1. The first-order chi connectivity index (χ1) is 9.99. The van der Waals surface area contributed by atoms with Crippen molar-refractivity contribution in [3.05, 3.63) is 29.8 Å². The van der Waals surface area contributed by atoms with E-state index < -0.39 is 5.91 Å². The molecule has 1 aliphatic rings. The van der Waals surface area contributed by atoms with Gasteiger partial charge in [0.1, 0.15) is 0 Å². The molecule has 114 valence electrons. The first-order valence-electron chi connectivity index (χ1n) is 7.06. The Morgan fingerprint density at radius 3 is 2.71 bits per heavy atom. The Morgan fingerprint density at radius 2 is 2.14 bits per heavy atom. The van der Waals surface area contributed by atoms with E-state index in [1.807, 2.05) is 37.2 Å². The van der Waals surface area contributed by atoms with Crippen LogP contribution in [0, 0.1) is 0 Å². The molecular weight excluding hydrogens is 268 g/mol. The Balaban J connectivity index is 2.24. The summed E-state index contributed by atoms with van der Waals surface area (Å²) in [5.41, 5.74) is 6.82. The molecular formula is C15H22N4O2. The van der Waals surface area contributed by atoms with E-state index in [1.165, 1.54) is 0 Å². The molecule has 1 fully saturated rings. The van der Waals surface area contributed by atoms with Crippen LogP contribution in [0.25, 0.3) is 0 Å². The average Bonchev–Trinajstić information content (AvgIpc) is 2.98. The Kier molecular flexibility index (Phi) is 4.80. The number of hydrogen-bond donors (Lipinski definition) is 2. The van der Waals surface area contributed by atoms with Crippen molar-refractivity contribution >= 4 is 17.5 Å². The second-order valence-corrected chi connectivity index (χ2v) is 5.49. The third-order valence-electron chi connectivity index (χ3n) is 3.67. The molecule has 1 aromatic rings. The molecule has 21 heavy (non-hydrogen) atoms. The van der Waals surface area contributed by atoms with Crippen LogP contribution in [-0.2, 0) is 4.79 Å². The average molecular weight is 290 g/mol. The molecule has 3 N–H and O–H groups in total. The molecule has 1 heterocycles. The minimum absolute atomic E-state index is 0.0213. The molecule has 0 radical (unpaired) electrons. The van der Waals surface area contributed by atoms with Gasteiger partial charge in [0.15, 0.2) is 0 Å². The zero-order chi connectivity index (χ0) is 15.4. The monoisotopic (exact) mass is 290 g/mol. The fraction of sp³-hybridized carbons (Fsp3) is 0.467. The number of nitrogens with zero attached hydrogens (tertiary/aromatic N) is 2. The molecule has 1 aliphatic heterocycles. The van der Waals surface area contributed by atoms with Crippen molar-refractivity contribution in [1.29, 1.82) is 0 Å². The van der Waals surface area contributed by atoms with Crippen molar-refractivity contribution in [1.82, 2.24) is 10.2 Å².